The van der Waals surface area contributed by atoms with Crippen molar-refractivity contribution in [2.75, 3.05) is 11.9 Å². The number of thiocarbonyl (C=S) groups is 1. The van der Waals surface area contributed by atoms with Crippen molar-refractivity contribution in [3.8, 4) is 0 Å². The number of aromatic nitrogens is 1. The van der Waals surface area contributed by atoms with Crippen LogP contribution in [0.15, 0.2) is 60.8 Å². The van der Waals surface area contributed by atoms with E-state index in [-0.39, 0.29) is 11.9 Å². The van der Waals surface area contributed by atoms with Gasteiger partial charge in [-0.25, -0.2) is 4.39 Å². The Hall–Kier alpha value is -2.66. The second-order valence-electron chi connectivity index (χ2n) is 7.05. The van der Waals surface area contributed by atoms with Crippen LogP contribution in [-0.2, 0) is 6.54 Å². The van der Waals surface area contributed by atoms with Crippen LogP contribution in [0.5, 0.6) is 0 Å². The van der Waals surface area contributed by atoms with Crippen molar-refractivity contribution in [3.05, 3.63) is 89.0 Å². The van der Waals surface area contributed by atoms with Crippen LogP contribution in [0.25, 0.3) is 0 Å². The zero-order valence-electron chi connectivity index (χ0n) is 15.4. The van der Waals surface area contributed by atoms with Gasteiger partial charge in [-0.15, -0.1) is 0 Å². The highest BCUT2D eigenvalue weighted by Gasteiger charge is 2.32. The quantitative estimate of drug-likeness (QED) is 0.630. The van der Waals surface area contributed by atoms with Crippen molar-refractivity contribution in [2.45, 2.75) is 26.4 Å². The number of nitrogens with one attached hydrogen (secondary N) is 1. The second-order valence-corrected chi connectivity index (χ2v) is 7.44. The van der Waals surface area contributed by atoms with Gasteiger partial charge < -0.3 is 14.8 Å². The number of rotatable bonds is 2. The lowest BCUT2D eigenvalue weighted by molar-refractivity contribution is 0.288. The van der Waals surface area contributed by atoms with Gasteiger partial charge >= 0.3 is 0 Å². The lowest BCUT2D eigenvalue weighted by Crippen LogP contribution is -2.44. The van der Waals surface area contributed by atoms with Crippen molar-refractivity contribution in [1.29, 1.82) is 0 Å². The van der Waals surface area contributed by atoms with Gasteiger partial charge in [0.2, 0.25) is 0 Å². The van der Waals surface area contributed by atoms with E-state index in [1.165, 1.54) is 17.2 Å². The predicted molar refractivity (Wildman–Crippen MR) is 112 cm³/mol. The van der Waals surface area contributed by atoms with Crippen LogP contribution in [0.2, 0.25) is 0 Å². The molecule has 1 N–H and O–H groups in total. The Kier molecular flexibility index (Phi) is 4.70. The maximum absolute atomic E-state index is 14.6. The molecule has 0 amide bonds. The number of anilines is 1. The van der Waals surface area contributed by atoms with E-state index < -0.39 is 0 Å². The van der Waals surface area contributed by atoms with Gasteiger partial charge in [-0.3, -0.25) is 0 Å². The van der Waals surface area contributed by atoms with Crippen LogP contribution in [0, 0.1) is 19.7 Å². The molecule has 2 aromatic carbocycles. The fourth-order valence-corrected chi connectivity index (χ4v) is 4.18. The molecule has 0 bridgehead atoms. The third-order valence-corrected chi connectivity index (χ3v) is 5.31. The second kappa shape index (κ2) is 7.16. The first-order chi connectivity index (χ1) is 13.0. The van der Waals surface area contributed by atoms with Crippen molar-refractivity contribution in [1.82, 2.24) is 9.47 Å². The summed E-state index contributed by atoms with van der Waals surface area (Å²) in [4.78, 5) is 2.08. The SMILES string of the molecule is Cc1cc(C)cc(NC(=S)N2CCn3cccc3C2c2ccccc2F)c1. The van der Waals surface area contributed by atoms with Crippen LogP contribution in [0.1, 0.15) is 28.4 Å². The minimum absolute atomic E-state index is 0.212. The molecule has 5 heteroatoms. The molecular formula is C22H22FN3S. The number of benzene rings is 2. The summed E-state index contributed by atoms with van der Waals surface area (Å²) in [6.45, 7) is 5.67. The molecule has 1 aliphatic heterocycles. The summed E-state index contributed by atoms with van der Waals surface area (Å²) in [6, 6.07) is 17.0. The van der Waals surface area contributed by atoms with Gasteiger partial charge in [0.25, 0.3) is 0 Å². The first-order valence-corrected chi connectivity index (χ1v) is 9.49. The van der Waals surface area contributed by atoms with Crippen molar-refractivity contribution in [3.63, 3.8) is 0 Å². The van der Waals surface area contributed by atoms with Gasteiger partial charge in [0.1, 0.15) is 5.82 Å². The normalized spacial score (nSPS) is 16.1. The van der Waals surface area contributed by atoms with Gasteiger partial charge in [0, 0.05) is 36.2 Å². The standard InChI is InChI=1S/C22H22FN3S/c1-15-12-16(2)14-17(13-15)24-22(27)26-11-10-25-9-5-8-20(25)21(26)18-6-3-4-7-19(18)23/h3-9,12-14,21H,10-11H2,1-2H3,(H,24,27). The largest absolute Gasteiger partial charge is 0.348 e. The van der Waals surface area contributed by atoms with Gasteiger partial charge in [-0.05, 0) is 67.5 Å². The Bertz CT molecular complexity index is 974. The topological polar surface area (TPSA) is 20.2 Å². The van der Waals surface area contributed by atoms with Crippen LogP contribution in [0.3, 0.4) is 0 Å². The summed E-state index contributed by atoms with van der Waals surface area (Å²) in [5, 5.41) is 3.97. The Labute approximate surface area is 164 Å². The van der Waals surface area contributed by atoms with Crippen molar-refractivity contribution in [2.24, 2.45) is 0 Å². The molecule has 1 unspecified atom stereocenters. The molecule has 4 rings (SSSR count). The highest BCUT2D eigenvalue weighted by Crippen LogP contribution is 2.34. The van der Waals surface area contributed by atoms with E-state index in [2.05, 4.69) is 46.8 Å². The van der Waals surface area contributed by atoms with Gasteiger partial charge in [-0.2, -0.15) is 0 Å². The molecule has 0 saturated heterocycles. The first kappa shape index (κ1) is 17.7. The molecule has 1 atom stereocenters. The molecule has 3 nitrogen and oxygen atoms in total. The average molecular weight is 380 g/mol. The molecule has 3 aromatic rings. The molecule has 0 radical (unpaired) electrons. The Balaban J connectivity index is 1.70. The molecule has 0 saturated carbocycles. The van der Waals surface area contributed by atoms with Gasteiger partial charge in [0.05, 0.1) is 6.04 Å². The zero-order chi connectivity index (χ0) is 19.0. The number of halogens is 1. The smallest absolute Gasteiger partial charge is 0.174 e. The highest BCUT2D eigenvalue weighted by molar-refractivity contribution is 7.80. The number of hydrogen-bond acceptors (Lipinski definition) is 1. The summed E-state index contributed by atoms with van der Waals surface area (Å²) >= 11 is 5.75. The van der Waals surface area contributed by atoms with Crippen LogP contribution >= 0.6 is 12.2 Å². The van der Waals surface area contributed by atoms with E-state index in [1.54, 1.807) is 6.07 Å². The molecular weight excluding hydrogens is 357 g/mol. The maximum atomic E-state index is 14.6. The molecule has 2 heterocycles. The third kappa shape index (κ3) is 3.47. The maximum Gasteiger partial charge on any atom is 0.174 e. The molecule has 0 aliphatic carbocycles. The molecule has 27 heavy (non-hydrogen) atoms. The van der Waals surface area contributed by atoms with E-state index in [1.807, 2.05) is 30.5 Å². The van der Waals surface area contributed by atoms with Crippen LogP contribution in [0.4, 0.5) is 10.1 Å². The molecule has 0 spiro atoms. The molecule has 0 fully saturated rings. The summed E-state index contributed by atoms with van der Waals surface area (Å²) in [6.07, 6.45) is 2.04. The van der Waals surface area contributed by atoms with Crippen molar-refractivity contribution < 1.29 is 4.39 Å². The number of nitrogens with zero attached hydrogens (tertiary/aromatic N) is 2. The van der Waals surface area contributed by atoms with Crippen molar-refractivity contribution >= 4 is 23.0 Å². The minimum atomic E-state index is -0.249. The number of fused-ring (bicyclic) bond motifs is 1. The summed E-state index contributed by atoms with van der Waals surface area (Å²) in [7, 11) is 0. The van der Waals surface area contributed by atoms with Crippen LogP contribution < -0.4 is 5.32 Å². The van der Waals surface area contributed by atoms with E-state index in [0.29, 0.717) is 10.7 Å². The monoisotopic (exact) mass is 379 g/mol. The van der Waals surface area contributed by atoms with Gasteiger partial charge in [0.15, 0.2) is 5.11 Å². The van der Waals surface area contributed by atoms with Crippen LogP contribution in [-0.4, -0.2) is 21.1 Å². The van der Waals surface area contributed by atoms with E-state index in [4.69, 9.17) is 12.2 Å². The average Bonchev–Trinajstić information content (AvgIpc) is 3.09. The third-order valence-electron chi connectivity index (χ3n) is 4.97. The van der Waals surface area contributed by atoms with E-state index in [0.717, 1.165) is 24.5 Å². The van der Waals surface area contributed by atoms with Gasteiger partial charge in [-0.1, -0.05) is 24.3 Å². The fraction of sp³-hybridized carbons (Fsp3) is 0.227. The number of hydrogen-bond donors (Lipinski definition) is 1. The summed E-state index contributed by atoms with van der Waals surface area (Å²) in [5.74, 6) is -0.212. The Morgan fingerprint density at radius 3 is 2.52 bits per heavy atom. The number of aryl methyl sites for hydroxylation is 2. The predicted octanol–water partition coefficient (Wildman–Crippen LogP) is 5.05. The van der Waals surface area contributed by atoms with E-state index in [9.17, 15) is 4.39 Å². The Morgan fingerprint density at radius 2 is 1.78 bits per heavy atom. The summed E-state index contributed by atoms with van der Waals surface area (Å²) < 4.78 is 16.8. The lowest BCUT2D eigenvalue weighted by atomic mass is 10.00. The first-order valence-electron chi connectivity index (χ1n) is 9.08. The lowest BCUT2D eigenvalue weighted by Gasteiger charge is -2.39. The summed E-state index contributed by atoms with van der Waals surface area (Å²) in [5.41, 5.74) is 5.01. The van der Waals surface area contributed by atoms with E-state index >= 15 is 0 Å². The highest BCUT2D eigenvalue weighted by atomic mass is 32.1. The minimum Gasteiger partial charge on any atom is -0.348 e. The Morgan fingerprint density at radius 1 is 1.04 bits per heavy atom. The molecule has 138 valence electrons. The zero-order valence-corrected chi connectivity index (χ0v) is 16.3. The molecule has 1 aromatic heterocycles. The fourth-order valence-electron chi connectivity index (χ4n) is 3.87. The molecule has 1 aliphatic rings.